The van der Waals surface area contributed by atoms with E-state index in [4.69, 9.17) is 20.9 Å². The molecule has 0 aliphatic heterocycles. The number of anilines is 2. The zero-order valence-electron chi connectivity index (χ0n) is 11.1. The van der Waals surface area contributed by atoms with E-state index in [9.17, 15) is 0 Å². The van der Waals surface area contributed by atoms with Gasteiger partial charge in [-0.1, -0.05) is 6.07 Å². The molecule has 2 aromatic carbocycles. The second-order valence-electron chi connectivity index (χ2n) is 4.39. The van der Waals surface area contributed by atoms with Crippen molar-refractivity contribution in [2.45, 2.75) is 20.1 Å². The Balaban J connectivity index is 1.98. The highest BCUT2D eigenvalue weighted by Gasteiger charge is 2.06. The van der Waals surface area contributed by atoms with Gasteiger partial charge in [-0.05, 0) is 42.8 Å². The molecule has 4 nitrogen and oxygen atoms in total. The van der Waals surface area contributed by atoms with Crippen LogP contribution in [-0.4, -0.2) is 6.29 Å². The normalized spacial score (nSPS) is 11.9. The zero-order valence-corrected chi connectivity index (χ0v) is 11.1. The van der Waals surface area contributed by atoms with E-state index in [1.54, 1.807) is 30.3 Å². The lowest BCUT2D eigenvalue weighted by Gasteiger charge is -2.17. The highest BCUT2D eigenvalue weighted by atomic mass is 16.7. The molecule has 4 heteroatoms. The topological polar surface area (TPSA) is 70.5 Å². The molecule has 2 rings (SSSR count). The van der Waals surface area contributed by atoms with E-state index in [0.717, 1.165) is 5.56 Å². The number of ether oxygens (including phenoxy) is 2. The fraction of sp³-hybridized carbons (Fsp3) is 0.200. The highest BCUT2D eigenvalue weighted by molar-refractivity contribution is 5.50. The smallest absolute Gasteiger partial charge is 0.238 e. The van der Waals surface area contributed by atoms with E-state index in [1.807, 2.05) is 26.0 Å². The molecule has 1 atom stereocenters. The molecule has 0 amide bonds. The van der Waals surface area contributed by atoms with Gasteiger partial charge >= 0.3 is 0 Å². The summed E-state index contributed by atoms with van der Waals surface area (Å²) in [5, 5.41) is 0. The van der Waals surface area contributed by atoms with Gasteiger partial charge in [0, 0.05) is 24.4 Å². The lowest BCUT2D eigenvalue weighted by atomic mass is 10.2. The maximum Gasteiger partial charge on any atom is 0.238 e. The van der Waals surface area contributed by atoms with Crippen molar-refractivity contribution in [1.29, 1.82) is 0 Å². The van der Waals surface area contributed by atoms with E-state index in [-0.39, 0.29) is 0 Å². The van der Waals surface area contributed by atoms with Crippen LogP contribution >= 0.6 is 0 Å². The van der Waals surface area contributed by atoms with Crippen LogP contribution in [0.15, 0.2) is 42.5 Å². The van der Waals surface area contributed by atoms with Crippen LogP contribution in [0.2, 0.25) is 0 Å². The molecule has 0 aliphatic rings. The molecule has 1 unspecified atom stereocenters. The number of nitrogen functional groups attached to an aromatic ring is 2. The van der Waals surface area contributed by atoms with Crippen molar-refractivity contribution in [3.8, 4) is 11.5 Å². The summed E-state index contributed by atoms with van der Waals surface area (Å²) in [5.41, 5.74) is 13.9. The molecular weight excluding hydrogens is 240 g/mol. The average molecular weight is 258 g/mol. The Morgan fingerprint density at radius 1 is 0.895 bits per heavy atom. The summed E-state index contributed by atoms with van der Waals surface area (Å²) in [6.07, 6.45) is -0.411. The lowest BCUT2D eigenvalue weighted by Crippen LogP contribution is -2.19. The van der Waals surface area contributed by atoms with Gasteiger partial charge in [0.1, 0.15) is 11.5 Å². The first-order chi connectivity index (χ1) is 9.04. The van der Waals surface area contributed by atoms with E-state index in [2.05, 4.69) is 0 Å². The molecule has 100 valence electrons. The summed E-state index contributed by atoms with van der Waals surface area (Å²) in [6.45, 7) is 3.78. The Labute approximate surface area is 112 Å². The predicted octanol–water partition coefficient (Wildman–Crippen LogP) is 2.96. The number of rotatable bonds is 4. The van der Waals surface area contributed by atoms with Crippen molar-refractivity contribution in [3.05, 3.63) is 48.0 Å². The van der Waals surface area contributed by atoms with Gasteiger partial charge in [0.25, 0.3) is 0 Å². The largest absolute Gasteiger partial charge is 0.455 e. The first-order valence-electron chi connectivity index (χ1n) is 6.09. The molecule has 0 radical (unpaired) electrons. The summed E-state index contributed by atoms with van der Waals surface area (Å²) >= 11 is 0. The fourth-order valence-corrected chi connectivity index (χ4v) is 1.65. The third kappa shape index (κ3) is 3.55. The van der Waals surface area contributed by atoms with Crippen LogP contribution in [0.25, 0.3) is 0 Å². The highest BCUT2D eigenvalue weighted by Crippen LogP contribution is 2.21. The Morgan fingerprint density at radius 2 is 1.47 bits per heavy atom. The monoisotopic (exact) mass is 258 g/mol. The molecule has 0 heterocycles. The Bertz CT molecular complexity index is 553. The number of aryl methyl sites for hydroxylation is 1. The molecule has 4 N–H and O–H groups in total. The zero-order chi connectivity index (χ0) is 13.8. The Kier molecular flexibility index (Phi) is 3.80. The predicted molar refractivity (Wildman–Crippen MR) is 77.2 cm³/mol. The van der Waals surface area contributed by atoms with Crippen LogP contribution in [0.3, 0.4) is 0 Å². The first-order valence-corrected chi connectivity index (χ1v) is 6.09. The van der Waals surface area contributed by atoms with Crippen LogP contribution in [0.5, 0.6) is 11.5 Å². The molecule has 0 aliphatic carbocycles. The number of hydrogen-bond acceptors (Lipinski definition) is 4. The third-order valence-electron chi connectivity index (χ3n) is 2.73. The molecule has 0 bridgehead atoms. The van der Waals surface area contributed by atoms with Gasteiger partial charge in [0.2, 0.25) is 6.29 Å². The fourth-order valence-electron chi connectivity index (χ4n) is 1.65. The van der Waals surface area contributed by atoms with Gasteiger partial charge in [-0.15, -0.1) is 0 Å². The van der Waals surface area contributed by atoms with Gasteiger partial charge in [-0.2, -0.15) is 0 Å². The maximum absolute atomic E-state index is 5.83. The number of nitrogens with two attached hydrogens (primary N) is 2. The lowest BCUT2D eigenvalue weighted by molar-refractivity contribution is 0.0224. The Hall–Kier alpha value is -2.36. The van der Waals surface area contributed by atoms with Gasteiger partial charge in [0.05, 0.1) is 0 Å². The van der Waals surface area contributed by atoms with E-state index < -0.39 is 6.29 Å². The molecule has 0 saturated carbocycles. The summed E-state index contributed by atoms with van der Waals surface area (Å²) in [5.74, 6) is 1.40. The minimum atomic E-state index is -0.411. The second-order valence-corrected chi connectivity index (χ2v) is 4.39. The summed E-state index contributed by atoms with van der Waals surface area (Å²) in [6, 6.07) is 12.8. The van der Waals surface area contributed by atoms with Crippen molar-refractivity contribution in [2.24, 2.45) is 0 Å². The third-order valence-corrected chi connectivity index (χ3v) is 2.73. The molecule has 2 aromatic rings. The molecule has 19 heavy (non-hydrogen) atoms. The SMILES string of the molecule is Cc1ccc(OC(C)Oc2ccc(N)cc2)cc1N. The summed E-state index contributed by atoms with van der Waals surface area (Å²) in [7, 11) is 0. The minimum Gasteiger partial charge on any atom is -0.455 e. The van der Waals surface area contributed by atoms with Crippen LogP contribution in [0, 0.1) is 6.92 Å². The number of hydrogen-bond donors (Lipinski definition) is 2. The summed E-state index contributed by atoms with van der Waals surface area (Å²) < 4.78 is 11.3. The maximum atomic E-state index is 5.83. The van der Waals surface area contributed by atoms with E-state index in [0.29, 0.717) is 22.9 Å². The molecule has 0 aromatic heterocycles. The van der Waals surface area contributed by atoms with Crippen LogP contribution < -0.4 is 20.9 Å². The van der Waals surface area contributed by atoms with E-state index >= 15 is 0 Å². The second kappa shape index (κ2) is 5.52. The van der Waals surface area contributed by atoms with Crippen molar-refractivity contribution in [2.75, 3.05) is 11.5 Å². The van der Waals surface area contributed by atoms with Crippen molar-refractivity contribution in [1.82, 2.24) is 0 Å². The number of benzene rings is 2. The quantitative estimate of drug-likeness (QED) is 0.653. The standard InChI is InChI=1S/C15H18N2O2/c1-10-3-6-14(9-15(10)17)19-11(2)18-13-7-4-12(16)5-8-13/h3-9,11H,16-17H2,1-2H3. The van der Waals surface area contributed by atoms with E-state index in [1.165, 1.54) is 0 Å². The Morgan fingerprint density at radius 3 is 2.11 bits per heavy atom. The van der Waals surface area contributed by atoms with Gasteiger partial charge in [-0.3, -0.25) is 0 Å². The van der Waals surface area contributed by atoms with Gasteiger partial charge in [0.15, 0.2) is 0 Å². The van der Waals surface area contributed by atoms with Crippen LogP contribution in [0.1, 0.15) is 12.5 Å². The molecule has 0 fully saturated rings. The van der Waals surface area contributed by atoms with Crippen molar-refractivity contribution in [3.63, 3.8) is 0 Å². The first kappa shape index (κ1) is 13.1. The minimum absolute atomic E-state index is 0.411. The van der Waals surface area contributed by atoms with Crippen LogP contribution in [0.4, 0.5) is 11.4 Å². The van der Waals surface area contributed by atoms with Crippen molar-refractivity contribution < 1.29 is 9.47 Å². The molecular formula is C15H18N2O2. The summed E-state index contributed by atoms with van der Waals surface area (Å²) in [4.78, 5) is 0. The molecule has 0 spiro atoms. The van der Waals surface area contributed by atoms with Crippen molar-refractivity contribution >= 4 is 11.4 Å². The molecule has 0 saturated heterocycles. The van der Waals surface area contributed by atoms with Gasteiger partial charge < -0.3 is 20.9 Å². The average Bonchev–Trinajstić information content (AvgIpc) is 2.37. The van der Waals surface area contributed by atoms with Gasteiger partial charge in [-0.25, -0.2) is 0 Å². The van der Waals surface area contributed by atoms with Crippen LogP contribution in [-0.2, 0) is 0 Å².